The van der Waals surface area contributed by atoms with Crippen molar-refractivity contribution in [3.05, 3.63) is 0 Å². The Kier molecular flexibility index (Phi) is 30.4. The zero-order valence-electron chi connectivity index (χ0n) is 15.7. The van der Waals surface area contributed by atoms with Gasteiger partial charge in [0.05, 0.1) is 52.9 Å². The molecule has 0 aromatic carbocycles. The second kappa shape index (κ2) is 24.7. The van der Waals surface area contributed by atoms with E-state index >= 15 is 0 Å². The van der Waals surface area contributed by atoms with Crippen molar-refractivity contribution in [2.45, 2.75) is 0 Å². The van der Waals surface area contributed by atoms with E-state index in [0.717, 1.165) is 49.4 Å². The van der Waals surface area contributed by atoms with Gasteiger partial charge in [-0.15, -0.1) is 20.5 Å². The van der Waals surface area contributed by atoms with Gasteiger partial charge in [-0.3, -0.25) is 0 Å². The molecule has 0 aromatic rings. The molecule has 1 aliphatic rings. The molecule has 0 atom stereocenters. The van der Waals surface area contributed by atoms with Gasteiger partial charge in [-0.2, -0.15) is 23.5 Å². The summed E-state index contributed by atoms with van der Waals surface area (Å²) in [4.78, 5) is 0. The third kappa shape index (κ3) is 58.8. The summed E-state index contributed by atoms with van der Waals surface area (Å²) in [6, 6.07) is 0. The first-order valence-electron chi connectivity index (χ1n) is 7.70. The Labute approximate surface area is 212 Å². The summed E-state index contributed by atoms with van der Waals surface area (Å²) in [5.41, 5.74) is 0. The molecule has 172 valence electrons. The number of halogens is 2. The van der Waals surface area contributed by atoms with Gasteiger partial charge < -0.3 is 18.9 Å². The maximum Gasteiger partial charge on any atom is 2.00 e. The fraction of sp³-hybridized carbons (Fsp3) is 1.00. The van der Waals surface area contributed by atoms with Gasteiger partial charge in [0, 0.05) is 23.0 Å². The molecule has 0 amide bonds. The Bertz CT molecular complexity index is 227. The van der Waals surface area contributed by atoms with Gasteiger partial charge in [0.25, 0.3) is 0 Å². The molecule has 1 aliphatic heterocycles. The van der Waals surface area contributed by atoms with Crippen LogP contribution in [0.2, 0.25) is 0 Å². The summed E-state index contributed by atoms with van der Waals surface area (Å²) < 4.78 is 89.8. The fourth-order valence-electron chi connectivity index (χ4n) is 1.32. The van der Waals surface area contributed by atoms with Crippen molar-refractivity contribution in [2.24, 2.45) is 0 Å². The maximum atomic E-state index is 8.49. The fourth-order valence-corrected chi connectivity index (χ4v) is 2.67. The summed E-state index contributed by atoms with van der Waals surface area (Å²) in [5, 5.41) is 0. The van der Waals surface area contributed by atoms with Crippen molar-refractivity contribution in [3.8, 4) is 0 Å². The van der Waals surface area contributed by atoms with Crippen LogP contribution in [0.5, 0.6) is 0 Å². The van der Waals surface area contributed by atoms with E-state index < -0.39 is 20.5 Å². The molecule has 1 heterocycles. The SMILES string of the molecule is C1COCCSCCOCCOCCSCCO1.[Ca+2].[O-][Cl+3]([O-])([O-])[O-].[O-][Cl+3]([O-])([O-])[O-]. The van der Waals surface area contributed by atoms with E-state index in [4.69, 9.17) is 56.2 Å². The summed E-state index contributed by atoms with van der Waals surface area (Å²) in [5.74, 6) is 4.09. The molecule has 17 heteroatoms. The van der Waals surface area contributed by atoms with E-state index in [1.807, 2.05) is 23.5 Å². The Hall–Kier alpha value is 2.06. The Balaban J connectivity index is -0.000000512. The van der Waals surface area contributed by atoms with Gasteiger partial charge in [0.1, 0.15) is 0 Å². The standard InChI is InChI=1S/C12H24O4S2.Ca.2ClHO4/c1-2-14-6-10-18-12-8-16-4-3-15-7-11-17-9-5-13-1;;2*2-1(3,4)5/h1-12H2;;2*(H,2,3,4,5)/q;+2;;/p-2. The quantitative estimate of drug-likeness (QED) is 0.263. The molecule has 1 saturated heterocycles. The molecule has 0 unspecified atom stereocenters. The van der Waals surface area contributed by atoms with E-state index in [1.54, 1.807) is 0 Å². The van der Waals surface area contributed by atoms with Crippen LogP contribution in [0.15, 0.2) is 0 Å². The molecule has 1 rings (SSSR count). The number of hydrogen-bond acceptors (Lipinski definition) is 14. The monoisotopic (exact) mass is 534 g/mol. The van der Waals surface area contributed by atoms with Crippen molar-refractivity contribution in [1.29, 1.82) is 0 Å². The van der Waals surface area contributed by atoms with Crippen molar-refractivity contribution < 1.29 is 76.7 Å². The van der Waals surface area contributed by atoms with Crippen LogP contribution in [0.25, 0.3) is 0 Å². The van der Waals surface area contributed by atoms with E-state index in [1.165, 1.54) is 0 Å². The van der Waals surface area contributed by atoms with Gasteiger partial charge in [0.2, 0.25) is 0 Å². The molecule has 12 nitrogen and oxygen atoms in total. The van der Waals surface area contributed by atoms with Crippen LogP contribution in [-0.4, -0.2) is 114 Å². The molecule has 1 fully saturated rings. The summed E-state index contributed by atoms with van der Waals surface area (Å²) in [6.45, 7) is 5.99. The van der Waals surface area contributed by atoms with Gasteiger partial charge in [-0.25, -0.2) is 37.3 Å². The predicted molar refractivity (Wildman–Crippen MR) is 83.7 cm³/mol. The number of hydrogen-bond donors (Lipinski definition) is 0. The van der Waals surface area contributed by atoms with Crippen molar-refractivity contribution in [1.82, 2.24) is 0 Å². The first kappa shape index (κ1) is 35.6. The largest absolute Gasteiger partial charge is 2.00 e. The molecule has 0 N–H and O–H groups in total. The minimum atomic E-state index is -4.94. The third-order valence-corrected chi connectivity index (χ3v) is 4.05. The maximum absolute atomic E-state index is 8.49. The van der Waals surface area contributed by atoms with Crippen molar-refractivity contribution in [3.63, 3.8) is 0 Å². The zero-order valence-corrected chi connectivity index (χ0v) is 21.0. The van der Waals surface area contributed by atoms with Gasteiger partial charge in [0.15, 0.2) is 0 Å². The number of ether oxygens (including phenoxy) is 4. The minimum absolute atomic E-state index is 0. The molecular formula is C12H24CaCl2O12S2. The second-order valence-electron chi connectivity index (χ2n) is 4.43. The Morgan fingerprint density at radius 1 is 0.414 bits per heavy atom. The van der Waals surface area contributed by atoms with E-state index in [-0.39, 0.29) is 37.7 Å². The first-order valence-corrected chi connectivity index (χ1v) is 12.5. The van der Waals surface area contributed by atoms with Crippen LogP contribution >= 0.6 is 23.5 Å². The normalized spacial score (nSPS) is 19.0. The molecule has 0 spiro atoms. The molecule has 0 radical (unpaired) electrons. The van der Waals surface area contributed by atoms with Crippen LogP contribution in [0.4, 0.5) is 0 Å². The van der Waals surface area contributed by atoms with Crippen molar-refractivity contribution >= 4 is 61.3 Å². The van der Waals surface area contributed by atoms with E-state index in [0.29, 0.717) is 26.4 Å². The second-order valence-corrected chi connectivity index (χ2v) is 8.39. The van der Waals surface area contributed by atoms with Crippen LogP contribution < -0.4 is 37.3 Å². The van der Waals surface area contributed by atoms with Crippen LogP contribution in [-0.2, 0) is 18.9 Å². The third-order valence-electron chi connectivity index (χ3n) is 2.23. The summed E-state index contributed by atoms with van der Waals surface area (Å²) in [7, 11) is -9.89. The Morgan fingerprint density at radius 3 is 0.759 bits per heavy atom. The number of rotatable bonds is 0. The van der Waals surface area contributed by atoms with E-state index in [9.17, 15) is 0 Å². The van der Waals surface area contributed by atoms with Crippen LogP contribution in [0.3, 0.4) is 0 Å². The molecule has 29 heavy (non-hydrogen) atoms. The number of thioether (sulfide) groups is 2. The van der Waals surface area contributed by atoms with E-state index in [2.05, 4.69) is 0 Å². The van der Waals surface area contributed by atoms with Crippen molar-refractivity contribution in [2.75, 3.05) is 75.9 Å². The molecule has 0 aliphatic carbocycles. The first-order chi connectivity index (χ1) is 13.0. The zero-order chi connectivity index (χ0) is 21.7. The van der Waals surface area contributed by atoms with Crippen LogP contribution in [0.1, 0.15) is 0 Å². The van der Waals surface area contributed by atoms with Crippen LogP contribution in [0, 0.1) is 20.5 Å². The molecule has 0 saturated carbocycles. The predicted octanol–water partition coefficient (Wildman–Crippen LogP) is -8.36. The smallest absolute Gasteiger partial charge is 0.378 e. The van der Waals surface area contributed by atoms with Gasteiger partial charge >= 0.3 is 37.7 Å². The average Bonchev–Trinajstić information content (AvgIpc) is 2.52. The topological polar surface area (TPSA) is 221 Å². The Morgan fingerprint density at radius 2 is 0.586 bits per heavy atom. The molecule has 0 aromatic heterocycles. The van der Waals surface area contributed by atoms with Gasteiger partial charge in [-0.05, 0) is 0 Å². The van der Waals surface area contributed by atoms with Gasteiger partial charge in [-0.1, -0.05) is 0 Å². The molecular weight excluding hydrogens is 511 g/mol. The summed E-state index contributed by atoms with van der Waals surface area (Å²) >= 11 is 3.72. The summed E-state index contributed by atoms with van der Waals surface area (Å²) in [6.07, 6.45) is 0. The minimum Gasteiger partial charge on any atom is -0.378 e. The molecule has 0 bridgehead atoms. The average molecular weight is 535 g/mol.